The van der Waals surface area contributed by atoms with Crippen molar-refractivity contribution in [3.8, 4) is 5.69 Å². The van der Waals surface area contributed by atoms with Crippen LogP contribution in [0.1, 0.15) is 11.3 Å². The van der Waals surface area contributed by atoms with Crippen LogP contribution in [0.4, 0.5) is 17.6 Å². The monoisotopic (exact) mass is 440 g/mol. The van der Waals surface area contributed by atoms with Crippen molar-refractivity contribution < 1.29 is 22.7 Å². The molecule has 162 valence electrons. The number of aliphatic hydroxyl groups is 1. The number of H-pyrrole nitrogens is 1. The van der Waals surface area contributed by atoms with Gasteiger partial charge in [-0.1, -0.05) is 6.07 Å². The Kier molecular flexibility index (Phi) is 4.52. The van der Waals surface area contributed by atoms with E-state index in [9.17, 15) is 22.7 Å². The molecule has 1 unspecified atom stereocenters. The Morgan fingerprint density at radius 3 is 2.47 bits per heavy atom. The second-order valence-electron chi connectivity index (χ2n) is 7.58. The van der Waals surface area contributed by atoms with Gasteiger partial charge < -0.3 is 10.1 Å². The lowest BCUT2D eigenvalue weighted by atomic mass is 9.87. The Hall–Kier alpha value is -3.72. The van der Waals surface area contributed by atoms with E-state index in [2.05, 4.69) is 15.1 Å². The van der Waals surface area contributed by atoms with Crippen LogP contribution in [0.5, 0.6) is 0 Å². The van der Waals surface area contributed by atoms with Gasteiger partial charge in [0.2, 0.25) is 0 Å². The fourth-order valence-electron chi connectivity index (χ4n) is 3.83. The van der Waals surface area contributed by atoms with E-state index < -0.39 is 24.0 Å². The summed E-state index contributed by atoms with van der Waals surface area (Å²) in [5.74, 6) is -0.407. The van der Waals surface area contributed by atoms with E-state index in [1.807, 2.05) is 0 Å². The van der Waals surface area contributed by atoms with Gasteiger partial charge in [-0.05, 0) is 60.2 Å². The number of rotatable bonds is 4. The van der Waals surface area contributed by atoms with Gasteiger partial charge in [0.15, 0.2) is 5.60 Å². The average Bonchev–Trinajstić information content (AvgIpc) is 3.36. The van der Waals surface area contributed by atoms with Gasteiger partial charge >= 0.3 is 6.18 Å². The van der Waals surface area contributed by atoms with Crippen molar-refractivity contribution in [1.82, 2.24) is 19.7 Å². The molecule has 5 aromatic rings. The first-order valence-electron chi connectivity index (χ1n) is 9.70. The number of aromatic nitrogens is 4. The highest BCUT2D eigenvalue weighted by atomic mass is 19.4. The van der Waals surface area contributed by atoms with Crippen LogP contribution in [0.15, 0.2) is 73.1 Å². The molecule has 0 aliphatic carbocycles. The van der Waals surface area contributed by atoms with Crippen molar-refractivity contribution in [2.45, 2.75) is 18.2 Å². The summed E-state index contributed by atoms with van der Waals surface area (Å²) in [5.41, 5.74) is -1.68. The molecule has 32 heavy (non-hydrogen) atoms. The summed E-state index contributed by atoms with van der Waals surface area (Å²) in [6.07, 6.45) is -2.69. The smallest absolute Gasteiger partial charge is 0.376 e. The zero-order valence-electron chi connectivity index (χ0n) is 16.4. The Morgan fingerprint density at radius 1 is 0.969 bits per heavy atom. The van der Waals surface area contributed by atoms with Crippen molar-refractivity contribution in [3.05, 3.63) is 90.1 Å². The largest absolute Gasteiger partial charge is 0.421 e. The topological polar surface area (TPSA) is 66.7 Å². The third-order valence-electron chi connectivity index (χ3n) is 5.48. The van der Waals surface area contributed by atoms with Gasteiger partial charge in [-0.2, -0.15) is 18.3 Å². The molecule has 0 aliphatic heterocycles. The maximum Gasteiger partial charge on any atom is 0.421 e. The van der Waals surface area contributed by atoms with Crippen molar-refractivity contribution in [1.29, 1.82) is 0 Å². The van der Waals surface area contributed by atoms with E-state index in [-0.39, 0.29) is 11.3 Å². The van der Waals surface area contributed by atoms with E-state index in [0.717, 1.165) is 0 Å². The first-order valence-corrected chi connectivity index (χ1v) is 9.70. The quantitative estimate of drug-likeness (QED) is 0.385. The van der Waals surface area contributed by atoms with Crippen LogP contribution in [-0.2, 0) is 12.0 Å². The summed E-state index contributed by atoms with van der Waals surface area (Å²) in [4.78, 5) is 6.93. The summed E-state index contributed by atoms with van der Waals surface area (Å²) in [6, 6.07) is 14.5. The number of alkyl halides is 3. The van der Waals surface area contributed by atoms with Crippen molar-refractivity contribution in [3.63, 3.8) is 0 Å². The molecule has 2 N–H and O–H groups in total. The molecule has 9 heteroatoms. The molecular weight excluding hydrogens is 424 g/mol. The zero-order chi connectivity index (χ0) is 22.5. The van der Waals surface area contributed by atoms with Crippen LogP contribution in [0.25, 0.3) is 27.6 Å². The van der Waals surface area contributed by atoms with E-state index in [1.54, 1.807) is 18.2 Å². The van der Waals surface area contributed by atoms with Crippen LogP contribution in [-0.4, -0.2) is 31.0 Å². The van der Waals surface area contributed by atoms with E-state index in [4.69, 9.17) is 0 Å². The highest BCUT2D eigenvalue weighted by Crippen LogP contribution is 2.42. The number of pyridine rings is 1. The van der Waals surface area contributed by atoms with Crippen molar-refractivity contribution in [2.75, 3.05) is 0 Å². The zero-order valence-corrected chi connectivity index (χ0v) is 16.4. The molecule has 0 aliphatic rings. The van der Waals surface area contributed by atoms with E-state index in [1.165, 1.54) is 59.5 Å². The number of fused-ring (bicyclic) bond motifs is 2. The molecule has 0 saturated carbocycles. The molecule has 0 radical (unpaired) electrons. The minimum absolute atomic E-state index is 0.209. The second-order valence-corrected chi connectivity index (χ2v) is 7.58. The fourth-order valence-corrected chi connectivity index (χ4v) is 3.83. The molecule has 0 spiro atoms. The van der Waals surface area contributed by atoms with Gasteiger partial charge in [-0.3, -0.25) is 0 Å². The third kappa shape index (κ3) is 3.31. The number of hydrogen-bond acceptors (Lipinski definition) is 3. The van der Waals surface area contributed by atoms with Gasteiger partial charge in [-0.15, -0.1) is 0 Å². The maximum absolute atomic E-state index is 14.1. The summed E-state index contributed by atoms with van der Waals surface area (Å²) in [5, 5.41) is 16.2. The Balaban J connectivity index is 1.57. The average molecular weight is 440 g/mol. The third-order valence-corrected chi connectivity index (χ3v) is 5.48. The molecule has 0 bridgehead atoms. The highest BCUT2D eigenvalue weighted by molar-refractivity contribution is 5.81. The van der Waals surface area contributed by atoms with Gasteiger partial charge in [0, 0.05) is 29.1 Å². The SMILES string of the molecule is OC(Cc1cc2cccnc2[nH]1)(c1ccc2c(cnn2-c2ccc(F)cc2)c1)C(F)(F)F. The molecule has 1 atom stereocenters. The lowest BCUT2D eigenvalue weighted by molar-refractivity contribution is -0.266. The van der Waals surface area contributed by atoms with Crippen molar-refractivity contribution in [2.24, 2.45) is 0 Å². The summed E-state index contributed by atoms with van der Waals surface area (Å²) >= 11 is 0. The first-order chi connectivity index (χ1) is 15.2. The molecule has 0 amide bonds. The first kappa shape index (κ1) is 20.2. The standard InChI is InChI=1S/C23H16F4N4O/c24-17-4-6-19(7-5-17)31-20-8-3-16(10-15(20)13-29-31)22(32,23(25,26)27)12-18-11-14-2-1-9-28-21(14)30-18/h1-11,13,32H,12H2,(H,28,30). The summed E-state index contributed by atoms with van der Waals surface area (Å²) < 4.78 is 57.0. The van der Waals surface area contributed by atoms with Crippen LogP contribution >= 0.6 is 0 Å². The Bertz CT molecular complexity index is 1390. The molecule has 3 heterocycles. The highest BCUT2D eigenvalue weighted by Gasteiger charge is 2.55. The normalized spacial score (nSPS) is 14.2. The number of nitrogens with one attached hydrogen (secondary N) is 1. The van der Waals surface area contributed by atoms with E-state index >= 15 is 0 Å². The minimum atomic E-state index is -4.93. The van der Waals surface area contributed by atoms with Gasteiger partial charge in [0.25, 0.3) is 0 Å². The molecule has 3 aromatic heterocycles. The Labute approximate surface area is 178 Å². The van der Waals surface area contributed by atoms with Gasteiger partial charge in [0.05, 0.1) is 17.4 Å². The fraction of sp³-hybridized carbons (Fsp3) is 0.130. The molecule has 5 rings (SSSR count). The van der Waals surface area contributed by atoms with Crippen LogP contribution in [0.3, 0.4) is 0 Å². The Morgan fingerprint density at radius 2 is 1.75 bits per heavy atom. The van der Waals surface area contributed by atoms with Gasteiger partial charge in [0.1, 0.15) is 11.5 Å². The number of nitrogens with zero attached hydrogens (tertiary/aromatic N) is 3. The molecular formula is C23H16F4N4O. The molecule has 0 saturated heterocycles. The minimum Gasteiger partial charge on any atom is -0.376 e. The van der Waals surface area contributed by atoms with Crippen LogP contribution in [0.2, 0.25) is 0 Å². The van der Waals surface area contributed by atoms with E-state index in [0.29, 0.717) is 27.6 Å². The van der Waals surface area contributed by atoms with Gasteiger partial charge in [-0.25, -0.2) is 14.1 Å². The van der Waals surface area contributed by atoms with Crippen LogP contribution in [0, 0.1) is 5.82 Å². The summed E-state index contributed by atoms with van der Waals surface area (Å²) in [6.45, 7) is 0. The number of aromatic amines is 1. The second kappa shape index (κ2) is 7.16. The predicted octanol–water partition coefficient (Wildman–Crippen LogP) is 5.03. The maximum atomic E-state index is 14.1. The van der Waals surface area contributed by atoms with Crippen molar-refractivity contribution >= 4 is 21.9 Å². The molecule has 2 aromatic carbocycles. The lowest BCUT2D eigenvalue weighted by Crippen LogP contribution is -2.44. The predicted molar refractivity (Wildman–Crippen MR) is 111 cm³/mol. The number of hydrogen-bond donors (Lipinski definition) is 2. The lowest BCUT2D eigenvalue weighted by Gasteiger charge is -2.30. The summed E-state index contributed by atoms with van der Waals surface area (Å²) in [7, 11) is 0. The van der Waals surface area contributed by atoms with Crippen LogP contribution < -0.4 is 0 Å². The molecule has 0 fully saturated rings. The molecule has 5 nitrogen and oxygen atoms in total. The number of halogens is 4. The number of benzene rings is 2.